The highest BCUT2D eigenvalue weighted by Gasteiger charge is 2.15. The van der Waals surface area contributed by atoms with Gasteiger partial charge in [0.05, 0.1) is 4.34 Å². The third-order valence-corrected chi connectivity index (χ3v) is 5.29. The maximum Gasteiger partial charge on any atom is 0.250 e. The van der Waals surface area contributed by atoms with E-state index in [0.29, 0.717) is 15.7 Å². The van der Waals surface area contributed by atoms with E-state index in [0.717, 1.165) is 17.8 Å². The number of rotatable bonds is 5. The van der Waals surface area contributed by atoms with Gasteiger partial charge in [-0.25, -0.2) is 13.1 Å². The molecule has 1 heterocycles. The van der Waals surface area contributed by atoms with Gasteiger partial charge in [0.25, 0.3) is 0 Å². The average molecular weight is 333 g/mol. The molecule has 3 nitrogen and oxygen atoms in total. The SMILES string of the molecule is CC(Br)CCNS(=O)(=O)c1ccc(Cl)s1. The van der Waals surface area contributed by atoms with Crippen molar-refractivity contribution in [2.24, 2.45) is 0 Å². The van der Waals surface area contributed by atoms with E-state index in [-0.39, 0.29) is 4.21 Å². The zero-order chi connectivity index (χ0) is 11.5. The molecular formula is C8H11BrClNO2S2. The van der Waals surface area contributed by atoms with Crippen LogP contribution in [0.4, 0.5) is 0 Å². The number of alkyl halides is 1. The molecular weight excluding hydrogens is 322 g/mol. The Morgan fingerprint density at radius 2 is 2.27 bits per heavy atom. The van der Waals surface area contributed by atoms with Gasteiger partial charge in [-0.2, -0.15) is 0 Å². The lowest BCUT2D eigenvalue weighted by Crippen LogP contribution is -2.25. The summed E-state index contributed by atoms with van der Waals surface area (Å²) >= 11 is 10.1. The lowest BCUT2D eigenvalue weighted by molar-refractivity contribution is 0.581. The van der Waals surface area contributed by atoms with E-state index in [1.165, 1.54) is 6.07 Å². The van der Waals surface area contributed by atoms with Crippen LogP contribution in [0.2, 0.25) is 4.34 Å². The molecule has 0 bridgehead atoms. The summed E-state index contributed by atoms with van der Waals surface area (Å²) in [6.07, 6.45) is 0.748. The van der Waals surface area contributed by atoms with Gasteiger partial charge in [-0.15, -0.1) is 11.3 Å². The topological polar surface area (TPSA) is 46.2 Å². The van der Waals surface area contributed by atoms with Crippen molar-refractivity contribution in [3.05, 3.63) is 16.5 Å². The lowest BCUT2D eigenvalue weighted by atomic mass is 10.3. The van der Waals surface area contributed by atoms with Crippen molar-refractivity contribution in [2.75, 3.05) is 6.54 Å². The van der Waals surface area contributed by atoms with Crippen LogP contribution in [0, 0.1) is 0 Å². The van der Waals surface area contributed by atoms with Gasteiger partial charge in [-0.3, -0.25) is 0 Å². The molecule has 0 saturated heterocycles. The number of nitrogens with one attached hydrogen (secondary N) is 1. The second kappa shape index (κ2) is 5.63. The molecule has 0 spiro atoms. The van der Waals surface area contributed by atoms with Crippen molar-refractivity contribution >= 4 is 48.9 Å². The summed E-state index contributed by atoms with van der Waals surface area (Å²) in [6, 6.07) is 3.08. The first-order chi connectivity index (χ1) is 6.92. The fourth-order valence-electron chi connectivity index (χ4n) is 0.905. The molecule has 0 saturated carbocycles. The van der Waals surface area contributed by atoms with Crippen molar-refractivity contribution in [2.45, 2.75) is 22.4 Å². The Morgan fingerprint density at radius 3 is 2.73 bits per heavy atom. The van der Waals surface area contributed by atoms with Gasteiger partial charge >= 0.3 is 0 Å². The summed E-state index contributed by atoms with van der Waals surface area (Å²) < 4.78 is 26.6. The Kier molecular flexibility index (Phi) is 5.05. The summed E-state index contributed by atoms with van der Waals surface area (Å²) in [7, 11) is -3.37. The van der Waals surface area contributed by atoms with E-state index < -0.39 is 10.0 Å². The molecule has 1 aromatic heterocycles. The summed E-state index contributed by atoms with van der Waals surface area (Å²) in [5.41, 5.74) is 0. The summed E-state index contributed by atoms with van der Waals surface area (Å²) in [6.45, 7) is 2.39. The predicted molar refractivity (Wildman–Crippen MR) is 67.5 cm³/mol. The first-order valence-corrected chi connectivity index (χ1v) is 7.90. The molecule has 1 atom stereocenters. The number of thiophene rings is 1. The third kappa shape index (κ3) is 4.40. The number of sulfonamides is 1. The molecule has 0 radical (unpaired) electrons. The number of hydrogen-bond donors (Lipinski definition) is 1. The Morgan fingerprint density at radius 1 is 1.60 bits per heavy atom. The molecule has 0 aliphatic rings. The van der Waals surface area contributed by atoms with Gasteiger partial charge < -0.3 is 0 Å². The molecule has 1 unspecified atom stereocenters. The van der Waals surface area contributed by atoms with Crippen LogP contribution in [0.3, 0.4) is 0 Å². The monoisotopic (exact) mass is 331 g/mol. The zero-order valence-corrected chi connectivity index (χ0v) is 12.0. The van der Waals surface area contributed by atoms with Gasteiger partial charge in [0.15, 0.2) is 0 Å². The Hall–Kier alpha value is 0.380. The normalized spacial score (nSPS) is 14.1. The molecule has 0 aliphatic carbocycles. The van der Waals surface area contributed by atoms with E-state index in [2.05, 4.69) is 20.7 Å². The molecule has 86 valence electrons. The second-order valence-corrected chi connectivity index (χ2v) is 8.30. The first kappa shape index (κ1) is 13.4. The smallest absolute Gasteiger partial charge is 0.210 e. The van der Waals surface area contributed by atoms with E-state index in [9.17, 15) is 8.42 Å². The lowest BCUT2D eigenvalue weighted by Gasteiger charge is -2.05. The molecule has 0 aromatic carbocycles. The van der Waals surface area contributed by atoms with Crippen molar-refractivity contribution in [3.8, 4) is 0 Å². The van der Waals surface area contributed by atoms with Gasteiger partial charge in [0, 0.05) is 11.4 Å². The largest absolute Gasteiger partial charge is 0.250 e. The minimum atomic E-state index is -3.37. The highest BCUT2D eigenvalue weighted by molar-refractivity contribution is 9.09. The fraction of sp³-hybridized carbons (Fsp3) is 0.500. The van der Waals surface area contributed by atoms with Crippen molar-refractivity contribution in [3.63, 3.8) is 0 Å². The van der Waals surface area contributed by atoms with Crippen molar-refractivity contribution in [1.29, 1.82) is 0 Å². The van der Waals surface area contributed by atoms with Crippen LogP contribution in [-0.4, -0.2) is 19.8 Å². The minimum absolute atomic E-state index is 0.259. The van der Waals surface area contributed by atoms with Crippen molar-refractivity contribution < 1.29 is 8.42 Å². The van der Waals surface area contributed by atoms with Crippen LogP contribution in [0.5, 0.6) is 0 Å². The average Bonchev–Trinajstić information content (AvgIpc) is 2.51. The summed E-state index contributed by atoms with van der Waals surface area (Å²) in [5, 5.41) is 0. The van der Waals surface area contributed by atoms with Crippen LogP contribution in [-0.2, 0) is 10.0 Å². The molecule has 1 aromatic rings. The molecule has 1 N–H and O–H groups in total. The molecule has 15 heavy (non-hydrogen) atoms. The van der Waals surface area contributed by atoms with Crippen LogP contribution in [0.25, 0.3) is 0 Å². The van der Waals surface area contributed by atoms with Crippen LogP contribution in [0.1, 0.15) is 13.3 Å². The molecule has 7 heteroatoms. The molecule has 0 aliphatic heterocycles. The van der Waals surface area contributed by atoms with E-state index >= 15 is 0 Å². The second-order valence-electron chi connectivity index (χ2n) is 3.03. The Balaban J connectivity index is 2.60. The number of hydrogen-bond acceptors (Lipinski definition) is 3. The highest BCUT2D eigenvalue weighted by Crippen LogP contribution is 2.25. The summed E-state index contributed by atoms with van der Waals surface area (Å²) in [4.78, 5) is 0.298. The van der Waals surface area contributed by atoms with E-state index in [4.69, 9.17) is 11.6 Å². The fourth-order valence-corrected chi connectivity index (χ4v) is 3.71. The Bertz CT molecular complexity index is 416. The maximum atomic E-state index is 11.7. The van der Waals surface area contributed by atoms with Gasteiger partial charge in [-0.1, -0.05) is 34.5 Å². The van der Waals surface area contributed by atoms with Crippen LogP contribution >= 0.6 is 38.9 Å². The van der Waals surface area contributed by atoms with Gasteiger partial charge in [0.2, 0.25) is 10.0 Å². The van der Waals surface area contributed by atoms with Crippen LogP contribution in [0.15, 0.2) is 16.3 Å². The highest BCUT2D eigenvalue weighted by atomic mass is 79.9. The molecule has 0 amide bonds. The van der Waals surface area contributed by atoms with Crippen LogP contribution < -0.4 is 4.72 Å². The van der Waals surface area contributed by atoms with E-state index in [1.54, 1.807) is 6.07 Å². The van der Waals surface area contributed by atoms with Crippen molar-refractivity contribution in [1.82, 2.24) is 4.72 Å². The minimum Gasteiger partial charge on any atom is -0.210 e. The van der Waals surface area contributed by atoms with E-state index in [1.807, 2.05) is 6.92 Å². The standard InChI is InChI=1S/C8H11BrClNO2S2/c1-6(9)4-5-11-15(12,13)8-3-2-7(10)14-8/h2-3,6,11H,4-5H2,1H3. The quantitative estimate of drug-likeness (QED) is 0.843. The third-order valence-electron chi connectivity index (χ3n) is 1.65. The Labute approximate surface area is 107 Å². The maximum absolute atomic E-state index is 11.7. The molecule has 1 rings (SSSR count). The molecule has 0 fully saturated rings. The first-order valence-electron chi connectivity index (χ1n) is 4.31. The predicted octanol–water partition coefficient (Wildman–Crippen LogP) is 2.85. The summed E-state index contributed by atoms with van der Waals surface area (Å²) in [5.74, 6) is 0. The number of halogens is 2. The van der Waals surface area contributed by atoms with Gasteiger partial charge in [0.1, 0.15) is 4.21 Å². The zero-order valence-electron chi connectivity index (χ0n) is 8.04. The van der Waals surface area contributed by atoms with Gasteiger partial charge in [-0.05, 0) is 18.6 Å².